The third-order valence-corrected chi connectivity index (χ3v) is 4.14. The molecule has 2 amide bonds. The maximum atomic E-state index is 11.5. The molecule has 0 aromatic heterocycles. The number of nitrogens with two attached hydrogens (primary N) is 1. The molecule has 0 spiro atoms. The number of piperazine rings is 1. The van der Waals surface area contributed by atoms with Crippen LogP contribution < -0.4 is 11.1 Å². The Morgan fingerprint density at radius 2 is 1.95 bits per heavy atom. The number of amides is 2. The van der Waals surface area contributed by atoms with Crippen LogP contribution in [0.4, 0.5) is 5.69 Å². The molecule has 1 aliphatic heterocycles. The summed E-state index contributed by atoms with van der Waals surface area (Å²) in [5, 5.41) is 3.56. The number of hydrogen-bond donors (Lipinski definition) is 2. The highest BCUT2D eigenvalue weighted by Gasteiger charge is 2.18. The molecule has 2 rings (SSSR count). The van der Waals surface area contributed by atoms with Crippen LogP contribution in [0, 0.1) is 0 Å². The van der Waals surface area contributed by atoms with Crippen molar-refractivity contribution < 1.29 is 9.59 Å². The number of primary amides is 1. The molecule has 0 atom stereocenters. The van der Waals surface area contributed by atoms with Gasteiger partial charge in [-0.3, -0.25) is 14.5 Å². The first-order valence-corrected chi connectivity index (χ1v) is 7.67. The van der Waals surface area contributed by atoms with E-state index in [4.69, 9.17) is 17.3 Å². The number of benzene rings is 1. The van der Waals surface area contributed by atoms with Gasteiger partial charge in [-0.1, -0.05) is 17.7 Å². The molecule has 3 N–H and O–H groups in total. The molecule has 120 valence electrons. The molecule has 0 saturated carbocycles. The van der Waals surface area contributed by atoms with Crippen LogP contribution in [-0.2, 0) is 4.79 Å². The lowest BCUT2D eigenvalue weighted by Gasteiger charge is -2.34. The van der Waals surface area contributed by atoms with Crippen molar-refractivity contribution in [1.29, 1.82) is 0 Å². The van der Waals surface area contributed by atoms with E-state index in [2.05, 4.69) is 10.2 Å². The predicted octanol–water partition coefficient (Wildman–Crippen LogP) is 1.01. The Bertz CT molecular complexity index is 556. The van der Waals surface area contributed by atoms with E-state index < -0.39 is 5.91 Å². The zero-order chi connectivity index (χ0) is 16.1. The third kappa shape index (κ3) is 4.11. The number of carbonyl (C=O) groups excluding carboxylic acids is 2. The predicted molar refractivity (Wildman–Crippen MR) is 87.2 cm³/mol. The van der Waals surface area contributed by atoms with Gasteiger partial charge in [0.1, 0.15) is 0 Å². The minimum atomic E-state index is -0.539. The van der Waals surface area contributed by atoms with Gasteiger partial charge in [0.2, 0.25) is 5.91 Å². The molecular formula is C15H21ClN4O2. The van der Waals surface area contributed by atoms with Gasteiger partial charge in [0.25, 0.3) is 5.91 Å². The van der Waals surface area contributed by atoms with E-state index in [1.807, 2.05) is 4.90 Å². The molecule has 0 radical (unpaired) electrons. The van der Waals surface area contributed by atoms with Gasteiger partial charge >= 0.3 is 0 Å². The quantitative estimate of drug-likeness (QED) is 0.847. The number of nitrogens with one attached hydrogen (secondary N) is 1. The highest BCUT2D eigenvalue weighted by atomic mass is 35.5. The number of rotatable bonds is 5. The Kier molecular flexibility index (Phi) is 5.63. The first kappa shape index (κ1) is 16.6. The molecule has 0 aliphatic carbocycles. The van der Waals surface area contributed by atoms with Gasteiger partial charge < -0.3 is 16.0 Å². The normalized spacial score (nSPS) is 15.6. The third-order valence-electron chi connectivity index (χ3n) is 3.82. The number of anilines is 1. The van der Waals surface area contributed by atoms with E-state index in [9.17, 15) is 9.59 Å². The molecule has 22 heavy (non-hydrogen) atoms. The summed E-state index contributed by atoms with van der Waals surface area (Å²) in [5.74, 6) is -0.411. The molecule has 1 fully saturated rings. The topological polar surface area (TPSA) is 78.7 Å². The highest BCUT2D eigenvalue weighted by Crippen LogP contribution is 2.23. The molecule has 1 aliphatic rings. The van der Waals surface area contributed by atoms with Crippen LogP contribution in [0.3, 0.4) is 0 Å². The standard InChI is InChI=1S/C15H21ClN4O2/c1-11(21)20-9-7-19(8-10-20)6-5-18-13-4-2-3-12(16)14(13)15(17)22/h2-4,18H,5-10H2,1H3,(H2,17,22). The molecule has 7 heteroatoms. The lowest BCUT2D eigenvalue weighted by atomic mass is 10.1. The maximum absolute atomic E-state index is 11.5. The Balaban J connectivity index is 1.84. The molecule has 1 heterocycles. The first-order chi connectivity index (χ1) is 10.5. The molecular weight excluding hydrogens is 304 g/mol. The van der Waals surface area contributed by atoms with Crippen LogP contribution in [0.1, 0.15) is 17.3 Å². The Morgan fingerprint density at radius 1 is 1.27 bits per heavy atom. The van der Waals surface area contributed by atoms with Crippen LogP contribution >= 0.6 is 11.6 Å². The lowest BCUT2D eigenvalue weighted by Crippen LogP contribution is -2.49. The molecule has 0 bridgehead atoms. The Hall–Kier alpha value is -1.79. The monoisotopic (exact) mass is 324 g/mol. The van der Waals surface area contributed by atoms with E-state index in [1.54, 1.807) is 25.1 Å². The van der Waals surface area contributed by atoms with Gasteiger partial charge in [-0.05, 0) is 12.1 Å². The second-order valence-electron chi connectivity index (χ2n) is 5.30. The van der Waals surface area contributed by atoms with E-state index in [0.717, 1.165) is 32.7 Å². The van der Waals surface area contributed by atoms with Crippen LogP contribution in [0.5, 0.6) is 0 Å². The average Bonchev–Trinajstić information content (AvgIpc) is 2.47. The summed E-state index contributed by atoms with van der Waals surface area (Å²) in [6.45, 7) is 6.36. The molecule has 0 unspecified atom stereocenters. The van der Waals surface area contributed by atoms with Gasteiger partial charge in [-0.15, -0.1) is 0 Å². The maximum Gasteiger partial charge on any atom is 0.252 e. The summed E-state index contributed by atoms with van der Waals surface area (Å²) in [5.41, 5.74) is 6.34. The first-order valence-electron chi connectivity index (χ1n) is 7.29. The number of halogens is 1. The number of nitrogens with zero attached hydrogens (tertiary/aromatic N) is 2. The van der Waals surface area contributed by atoms with Crippen molar-refractivity contribution >= 4 is 29.1 Å². The van der Waals surface area contributed by atoms with Crippen LogP contribution in [-0.4, -0.2) is 60.9 Å². The minimum absolute atomic E-state index is 0.128. The molecule has 1 aromatic rings. The van der Waals surface area contributed by atoms with Gasteiger partial charge in [0, 0.05) is 51.9 Å². The zero-order valence-electron chi connectivity index (χ0n) is 12.6. The van der Waals surface area contributed by atoms with E-state index in [1.165, 1.54) is 0 Å². The SMILES string of the molecule is CC(=O)N1CCN(CCNc2cccc(Cl)c2C(N)=O)CC1. The van der Waals surface area contributed by atoms with Crippen molar-refractivity contribution in [2.75, 3.05) is 44.6 Å². The van der Waals surface area contributed by atoms with Crippen molar-refractivity contribution in [3.8, 4) is 0 Å². The van der Waals surface area contributed by atoms with E-state index >= 15 is 0 Å². The van der Waals surface area contributed by atoms with Crippen molar-refractivity contribution in [3.63, 3.8) is 0 Å². The minimum Gasteiger partial charge on any atom is -0.383 e. The second kappa shape index (κ2) is 7.47. The summed E-state index contributed by atoms with van der Waals surface area (Å²) >= 11 is 6.01. The highest BCUT2D eigenvalue weighted by molar-refractivity contribution is 6.34. The summed E-state index contributed by atoms with van der Waals surface area (Å²) in [6, 6.07) is 5.22. The van der Waals surface area contributed by atoms with E-state index in [-0.39, 0.29) is 5.91 Å². The molecule has 6 nitrogen and oxygen atoms in total. The lowest BCUT2D eigenvalue weighted by molar-refractivity contribution is -0.130. The molecule has 1 aromatic carbocycles. The van der Waals surface area contributed by atoms with Crippen molar-refractivity contribution in [3.05, 3.63) is 28.8 Å². The second-order valence-corrected chi connectivity index (χ2v) is 5.71. The van der Waals surface area contributed by atoms with Crippen LogP contribution in [0.15, 0.2) is 18.2 Å². The fourth-order valence-corrected chi connectivity index (χ4v) is 2.82. The molecule has 1 saturated heterocycles. The summed E-state index contributed by atoms with van der Waals surface area (Å²) in [4.78, 5) is 26.9. The Morgan fingerprint density at radius 3 is 2.55 bits per heavy atom. The van der Waals surface area contributed by atoms with E-state index in [0.29, 0.717) is 22.8 Å². The largest absolute Gasteiger partial charge is 0.383 e. The van der Waals surface area contributed by atoms with Crippen molar-refractivity contribution in [2.24, 2.45) is 5.73 Å². The Labute approximate surface area is 135 Å². The van der Waals surface area contributed by atoms with Crippen LogP contribution in [0.2, 0.25) is 5.02 Å². The smallest absolute Gasteiger partial charge is 0.252 e. The van der Waals surface area contributed by atoms with Crippen molar-refractivity contribution in [2.45, 2.75) is 6.92 Å². The summed E-state index contributed by atoms with van der Waals surface area (Å²) < 4.78 is 0. The van der Waals surface area contributed by atoms with Gasteiger partial charge in [-0.25, -0.2) is 0 Å². The zero-order valence-corrected chi connectivity index (χ0v) is 13.4. The number of carbonyl (C=O) groups is 2. The average molecular weight is 325 g/mol. The fraction of sp³-hybridized carbons (Fsp3) is 0.467. The van der Waals surface area contributed by atoms with Gasteiger partial charge in [-0.2, -0.15) is 0 Å². The van der Waals surface area contributed by atoms with Gasteiger partial charge in [0.05, 0.1) is 10.6 Å². The van der Waals surface area contributed by atoms with Crippen LogP contribution in [0.25, 0.3) is 0 Å². The fourth-order valence-electron chi connectivity index (χ4n) is 2.56. The summed E-state index contributed by atoms with van der Waals surface area (Å²) in [6.07, 6.45) is 0. The van der Waals surface area contributed by atoms with Crippen molar-refractivity contribution in [1.82, 2.24) is 9.80 Å². The summed E-state index contributed by atoms with van der Waals surface area (Å²) in [7, 11) is 0. The number of hydrogen-bond acceptors (Lipinski definition) is 4. The van der Waals surface area contributed by atoms with Gasteiger partial charge in [0.15, 0.2) is 0 Å².